The summed E-state index contributed by atoms with van der Waals surface area (Å²) in [7, 11) is 1.60. The third-order valence-corrected chi connectivity index (χ3v) is 6.37. The van der Waals surface area contributed by atoms with Gasteiger partial charge < -0.3 is 20.3 Å². The Morgan fingerprint density at radius 3 is 2.58 bits per heavy atom. The van der Waals surface area contributed by atoms with Gasteiger partial charge in [-0.2, -0.15) is 5.10 Å². The Hall–Kier alpha value is -2.93. The van der Waals surface area contributed by atoms with E-state index in [-0.39, 0.29) is 42.0 Å². The maximum atomic E-state index is 14.8. The second-order valence-corrected chi connectivity index (χ2v) is 8.68. The van der Waals surface area contributed by atoms with Gasteiger partial charge in [-0.15, -0.1) is 11.3 Å². The zero-order valence-corrected chi connectivity index (χ0v) is 18.8. The summed E-state index contributed by atoms with van der Waals surface area (Å²) in [4.78, 5) is 18.3. The minimum atomic E-state index is -0.982. The molecule has 0 radical (unpaired) electrons. The molecule has 1 aromatic carbocycles. The van der Waals surface area contributed by atoms with E-state index in [9.17, 15) is 18.7 Å². The molecule has 0 saturated carbocycles. The highest BCUT2D eigenvalue weighted by Crippen LogP contribution is 2.41. The van der Waals surface area contributed by atoms with Crippen molar-refractivity contribution in [3.8, 4) is 0 Å². The number of rotatable bonds is 6. The number of thiazole rings is 1. The van der Waals surface area contributed by atoms with E-state index in [1.165, 1.54) is 22.3 Å². The molecule has 0 atom stereocenters. The van der Waals surface area contributed by atoms with Crippen LogP contribution in [0.5, 0.6) is 0 Å². The molecule has 1 aliphatic rings. The van der Waals surface area contributed by atoms with Gasteiger partial charge in [0.2, 0.25) is 6.29 Å². The smallest absolute Gasteiger partial charge is 0.282 e. The van der Waals surface area contributed by atoms with Gasteiger partial charge in [0.05, 0.1) is 31.7 Å². The highest BCUT2D eigenvalue weighted by atomic mass is 32.1. The molecule has 0 aliphatic carbocycles. The fraction of sp³-hybridized carbons (Fsp3) is 0.381. The van der Waals surface area contributed by atoms with Gasteiger partial charge in [-0.1, -0.05) is 13.0 Å². The number of aliphatic hydroxyl groups is 1. The second kappa shape index (κ2) is 9.14. The quantitative estimate of drug-likeness (QED) is 0.558. The lowest BCUT2D eigenvalue weighted by Gasteiger charge is -2.38. The number of nitrogens with two attached hydrogens (primary N) is 1. The fourth-order valence-corrected chi connectivity index (χ4v) is 4.11. The van der Waals surface area contributed by atoms with Gasteiger partial charge in [-0.05, 0) is 18.6 Å². The largest absolute Gasteiger partial charge is 0.396 e. The normalized spacial score (nSPS) is 20.7. The third-order valence-electron chi connectivity index (χ3n) is 5.70. The number of para-hydroxylation sites is 1. The van der Waals surface area contributed by atoms with Crippen molar-refractivity contribution in [2.75, 3.05) is 30.5 Å². The Bertz CT molecular complexity index is 1130. The maximum absolute atomic E-state index is 14.8. The first kappa shape index (κ1) is 23.2. The predicted octanol–water partition coefficient (Wildman–Crippen LogP) is 3.15. The van der Waals surface area contributed by atoms with Crippen LogP contribution < -0.4 is 10.6 Å². The Labute approximate surface area is 192 Å². The number of aliphatic hydroxyl groups excluding tert-OH is 1. The lowest BCUT2D eigenvalue weighted by Crippen LogP contribution is -2.42. The Morgan fingerprint density at radius 2 is 2.03 bits per heavy atom. The number of amides is 1. The molecule has 3 N–H and O–H groups in total. The maximum Gasteiger partial charge on any atom is 0.282 e. The van der Waals surface area contributed by atoms with Crippen molar-refractivity contribution in [3.63, 3.8) is 0 Å². The molecule has 0 spiro atoms. The number of nitrogen functional groups attached to an aromatic ring is 1. The first-order chi connectivity index (χ1) is 15.8. The Morgan fingerprint density at radius 1 is 1.36 bits per heavy atom. The number of carbonyl (C=O) groups excluding carboxylic acids is 1. The molecule has 176 valence electrons. The van der Waals surface area contributed by atoms with E-state index in [4.69, 9.17) is 15.2 Å². The van der Waals surface area contributed by atoms with E-state index >= 15 is 0 Å². The summed E-state index contributed by atoms with van der Waals surface area (Å²) in [5.41, 5.74) is 4.79. The SMILES string of the molecule is CCC1(CO)COC(c2c(N(C(=O)c3csc(N)n3)c3c(F)cccc3F)cnn2C)OC1. The molecule has 1 aliphatic heterocycles. The van der Waals surface area contributed by atoms with Crippen molar-refractivity contribution < 1.29 is 28.2 Å². The molecular formula is C21H23F2N5O4S. The number of carbonyl (C=O) groups is 1. The number of anilines is 3. The molecule has 0 bridgehead atoms. The van der Waals surface area contributed by atoms with Crippen LogP contribution >= 0.6 is 11.3 Å². The monoisotopic (exact) mass is 479 g/mol. The van der Waals surface area contributed by atoms with Crippen molar-refractivity contribution >= 4 is 33.8 Å². The van der Waals surface area contributed by atoms with Gasteiger partial charge in [0.25, 0.3) is 5.91 Å². The number of halogens is 2. The average molecular weight is 480 g/mol. The minimum Gasteiger partial charge on any atom is -0.396 e. The van der Waals surface area contributed by atoms with Crippen molar-refractivity contribution in [1.29, 1.82) is 0 Å². The van der Waals surface area contributed by atoms with Crippen LogP contribution in [0.3, 0.4) is 0 Å². The first-order valence-corrected chi connectivity index (χ1v) is 11.0. The summed E-state index contributed by atoms with van der Waals surface area (Å²) in [5, 5.41) is 15.5. The Kier molecular flexibility index (Phi) is 6.43. The molecular weight excluding hydrogens is 456 g/mol. The molecule has 2 aromatic heterocycles. The van der Waals surface area contributed by atoms with Crippen molar-refractivity contribution in [3.05, 3.63) is 52.8 Å². The molecule has 33 heavy (non-hydrogen) atoms. The molecule has 1 saturated heterocycles. The van der Waals surface area contributed by atoms with Crippen LogP contribution in [0.2, 0.25) is 0 Å². The number of aromatic nitrogens is 3. The van der Waals surface area contributed by atoms with E-state index in [0.29, 0.717) is 6.42 Å². The van der Waals surface area contributed by atoms with Crippen LogP contribution in [-0.4, -0.2) is 45.6 Å². The first-order valence-electron chi connectivity index (χ1n) is 10.2. The number of hydrogen-bond donors (Lipinski definition) is 2. The zero-order chi connectivity index (χ0) is 23.8. The van der Waals surface area contributed by atoms with Crippen molar-refractivity contribution in [2.24, 2.45) is 12.5 Å². The lowest BCUT2D eigenvalue weighted by molar-refractivity contribution is -0.244. The van der Waals surface area contributed by atoms with Gasteiger partial charge in [-0.25, -0.2) is 13.8 Å². The molecule has 4 rings (SSSR count). The highest BCUT2D eigenvalue weighted by Gasteiger charge is 2.39. The van der Waals surface area contributed by atoms with E-state index in [2.05, 4.69) is 10.1 Å². The topological polar surface area (TPSA) is 116 Å². The van der Waals surface area contributed by atoms with Gasteiger partial charge in [-0.3, -0.25) is 14.4 Å². The number of benzene rings is 1. The zero-order valence-electron chi connectivity index (χ0n) is 18.0. The summed E-state index contributed by atoms with van der Waals surface area (Å²) in [6.07, 6.45) is 0.949. The van der Waals surface area contributed by atoms with Crippen LogP contribution in [0.1, 0.15) is 35.8 Å². The molecule has 12 heteroatoms. The summed E-state index contributed by atoms with van der Waals surface area (Å²) in [5.74, 6) is -2.69. The molecule has 1 amide bonds. The lowest BCUT2D eigenvalue weighted by atomic mass is 9.87. The van der Waals surface area contributed by atoms with Crippen LogP contribution in [-0.2, 0) is 16.5 Å². The molecule has 3 aromatic rings. The number of ether oxygens (including phenoxy) is 2. The van der Waals surface area contributed by atoms with E-state index in [1.807, 2.05) is 6.92 Å². The minimum absolute atomic E-state index is 0.0658. The number of hydrogen-bond acceptors (Lipinski definition) is 8. The number of nitrogens with zero attached hydrogens (tertiary/aromatic N) is 4. The standard InChI is InChI=1S/C21H23F2N5O4S/c1-3-21(9-29)10-31-19(32-11-21)17-15(7-25-27(17)2)28(16-12(22)5-4-6-13(16)23)18(30)14-8-33-20(24)26-14/h4-8,19,29H,3,9-11H2,1-2H3,(H2,24,26). The van der Waals surface area contributed by atoms with Crippen LogP contribution in [0.4, 0.5) is 25.3 Å². The van der Waals surface area contributed by atoms with Crippen LogP contribution in [0.15, 0.2) is 29.8 Å². The second-order valence-electron chi connectivity index (χ2n) is 7.79. The molecule has 1 fully saturated rings. The van der Waals surface area contributed by atoms with E-state index in [0.717, 1.165) is 28.4 Å². The number of aryl methyl sites for hydroxylation is 1. The summed E-state index contributed by atoms with van der Waals surface area (Å²) >= 11 is 1.03. The molecule has 3 heterocycles. The van der Waals surface area contributed by atoms with Gasteiger partial charge in [0.15, 0.2) is 5.13 Å². The molecule has 0 unspecified atom stereocenters. The highest BCUT2D eigenvalue weighted by molar-refractivity contribution is 7.13. The van der Waals surface area contributed by atoms with E-state index in [1.54, 1.807) is 7.05 Å². The Balaban J connectivity index is 1.81. The summed E-state index contributed by atoms with van der Waals surface area (Å²) < 4.78 is 42.9. The summed E-state index contributed by atoms with van der Waals surface area (Å²) in [6, 6.07) is 3.30. The molecule has 9 nitrogen and oxygen atoms in total. The van der Waals surface area contributed by atoms with E-state index < -0.39 is 34.9 Å². The van der Waals surface area contributed by atoms with Gasteiger partial charge in [0, 0.05) is 17.8 Å². The van der Waals surface area contributed by atoms with Crippen molar-refractivity contribution in [2.45, 2.75) is 19.6 Å². The summed E-state index contributed by atoms with van der Waals surface area (Å²) in [6.45, 7) is 2.18. The van der Waals surface area contributed by atoms with Crippen LogP contribution in [0.25, 0.3) is 0 Å². The van der Waals surface area contributed by atoms with Crippen LogP contribution in [0, 0.1) is 17.0 Å². The van der Waals surface area contributed by atoms with Crippen molar-refractivity contribution in [1.82, 2.24) is 14.8 Å². The van der Waals surface area contributed by atoms with Gasteiger partial charge in [0.1, 0.15) is 28.7 Å². The average Bonchev–Trinajstić information content (AvgIpc) is 3.41. The predicted molar refractivity (Wildman–Crippen MR) is 117 cm³/mol. The van der Waals surface area contributed by atoms with Gasteiger partial charge >= 0.3 is 0 Å². The third kappa shape index (κ3) is 4.22. The fourth-order valence-electron chi connectivity index (χ4n) is 3.58.